The van der Waals surface area contributed by atoms with Crippen molar-refractivity contribution in [2.24, 2.45) is 28.6 Å². The second kappa shape index (κ2) is 7.63. The van der Waals surface area contributed by atoms with E-state index < -0.39 is 46.3 Å². The Morgan fingerprint density at radius 3 is 2.66 bits per heavy atom. The fourth-order valence-electron chi connectivity index (χ4n) is 7.29. The number of ether oxygens (including phenoxy) is 1. The Labute approximate surface area is 192 Å². The third-order valence-corrected chi connectivity index (χ3v) is 9.16. The van der Waals surface area contributed by atoms with Gasteiger partial charge in [-0.05, 0) is 48.8 Å². The first-order valence-corrected chi connectivity index (χ1v) is 11.7. The van der Waals surface area contributed by atoms with E-state index in [1.165, 1.54) is 6.08 Å². The molecule has 7 heteroatoms. The minimum atomic E-state index is -1.82. The largest absolute Gasteiger partial charge is 0.446 e. The van der Waals surface area contributed by atoms with Crippen LogP contribution in [0, 0.1) is 28.6 Å². The molecule has 0 aromatic carbocycles. The lowest BCUT2D eigenvalue weighted by molar-refractivity contribution is -0.193. The van der Waals surface area contributed by atoms with Gasteiger partial charge < -0.3 is 9.84 Å². The van der Waals surface area contributed by atoms with Crippen LogP contribution in [0.2, 0.25) is 0 Å². The molecule has 4 rings (SSSR count). The maximum Gasteiger partial charge on any atom is 0.306 e. The lowest BCUT2D eigenvalue weighted by Crippen LogP contribution is -2.64. The Morgan fingerprint density at radius 1 is 1.34 bits per heavy atom. The summed E-state index contributed by atoms with van der Waals surface area (Å²) < 4.78 is 19.6. The Morgan fingerprint density at radius 2 is 2.03 bits per heavy atom. The van der Waals surface area contributed by atoms with Crippen LogP contribution >= 0.6 is 11.6 Å². The molecule has 1 N–H and O–H groups in total. The first-order valence-electron chi connectivity index (χ1n) is 11.2. The molecular formula is C25H30ClFO5. The first kappa shape index (κ1) is 23.4. The number of allylic oxidation sites excluding steroid dienone is 4. The third kappa shape index (κ3) is 2.88. The second-order valence-electron chi connectivity index (χ2n) is 10.2. The topological polar surface area (TPSA) is 80.7 Å². The highest BCUT2D eigenvalue weighted by Crippen LogP contribution is 2.69. The summed E-state index contributed by atoms with van der Waals surface area (Å²) in [6.07, 6.45) is 5.10. The van der Waals surface area contributed by atoms with E-state index in [4.69, 9.17) is 16.3 Å². The van der Waals surface area contributed by atoms with Gasteiger partial charge in [0, 0.05) is 28.5 Å². The molecule has 3 saturated carbocycles. The van der Waals surface area contributed by atoms with E-state index in [2.05, 4.69) is 6.58 Å². The number of carbonyl (C=O) groups excluding carboxylic acids is 3. The zero-order valence-corrected chi connectivity index (χ0v) is 19.5. The number of Topliss-reactive ketones (excluding diaryl/α,β-unsaturated/α-hetero) is 1. The van der Waals surface area contributed by atoms with Crippen molar-refractivity contribution in [3.63, 3.8) is 0 Å². The fourth-order valence-corrected chi connectivity index (χ4v) is 7.78. The van der Waals surface area contributed by atoms with Crippen LogP contribution in [-0.2, 0) is 19.1 Å². The summed E-state index contributed by atoms with van der Waals surface area (Å²) in [5.74, 6) is -2.31. The summed E-state index contributed by atoms with van der Waals surface area (Å²) in [6.45, 7) is 8.20. The number of aliphatic hydroxyl groups is 1. The lowest BCUT2D eigenvalue weighted by Gasteiger charge is -2.60. The predicted octanol–water partition coefficient (Wildman–Crippen LogP) is 3.88. The van der Waals surface area contributed by atoms with Gasteiger partial charge in [0.1, 0.15) is 0 Å². The van der Waals surface area contributed by atoms with Gasteiger partial charge >= 0.3 is 5.97 Å². The minimum absolute atomic E-state index is 0.0349. The highest BCUT2D eigenvalue weighted by molar-refractivity contribution is 6.21. The Kier molecular flexibility index (Phi) is 5.57. The predicted molar refractivity (Wildman–Crippen MR) is 118 cm³/mol. The molecule has 0 amide bonds. The van der Waals surface area contributed by atoms with E-state index >= 15 is 0 Å². The summed E-state index contributed by atoms with van der Waals surface area (Å²) in [5, 5.41) is 11.1. The van der Waals surface area contributed by atoms with Crippen molar-refractivity contribution in [3.8, 4) is 0 Å². The molecule has 0 aliphatic heterocycles. The average Bonchev–Trinajstić information content (AvgIpc) is 2.95. The first-order chi connectivity index (χ1) is 15.0. The number of fused-ring (bicyclic) bond motifs is 5. The number of hydrogen-bond acceptors (Lipinski definition) is 5. The zero-order chi connectivity index (χ0) is 23.6. The molecule has 4 aliphatic rings. The fraction of sp³-hybridized carbons (Fsp3) is 0.640. The molecule has 0 heterocycles. The molecule has 3 fully saturated rings. The van der Waals surface area contributed by atoms with Crippen LogP contribution < -0.4 is 0 Å². The van der Waals surface area contributed by atoms with E-state index in [1.54, 1.807) is 19.9 Å². The number of aliphatic hydroxyl groups excluding tert-OH is 1. The van der Waals surface area contributed by atoms with E-state index in [1.807, 2.05) is 13.0 Å². The monoisotopic (exact) mass is 464 g/mol. The number of carbonyl (C=O) groups is 3. The standard InChI is InChI=1S/C25H30ClFO5/c1-5-20(31)32-25(19(30)12-27)13(2)8-16-21-17(26)10-14-9-15(28)6-7-23(14,3)22(21)18(29)11-24(16,25)4/h6-7,9,16-18,21-22,29H,2,5,8,10-12H2,1,3-4H3/t16-,17+,18-,21+,22-,23-,24-,25+/m0/s1. The van der Waals surface area contributed by atoms with Gasteiger partial charge in [0.15, 0.2) is 18.1 Å². The number of ketones is 2. The molecule has 32 heavy (non-hydrogen) atoms. The van der Waals surface area contributed by atoms with Crippen LogP contribution in [0.3, 0.4) is 0 Å². The van der Waals surface area contributed by atoms with Crippen molar-refractivity contribution in [3.05, 3.63) is 36.0 Å². The molecular weight excluding hydrogens is 435 g/mol. The number of halogens is 2. The minimum Gasteiger partial charge on any atom is -0.446 e. The molecule has 174 valence electrons. The molecule has 0 unspecified atom stereocenters. The quantitative estimate of drug-likeness (QED) is 0.388. The van der Waals surface area contributed by atoms with Crippen molar-refractivity contribution >= 4 is 29.1 Å². The number of hydrogen-bond donors (Lipinski definition) is 1. The summed E-state index contributed by atoms with van der Waals surface area (Å²) >= 11 is 6.92. The molecule has 8 atom stereocenters. The molecule has 4 aliphatic carbocycles. The SMILES string of the molecule is C=C1C[C@H]2[C@H]3[C@H]([C@@H](O)C[C@]2(C)[C@]1(OC(=O)CC)C(=O)CF)[C@@]1(C)C=CC(=O)C=C1C[C@H]3Cl. The molecule has 0 radical (unpaired) electrons. The van der Waals surface area contributed by atoms with Gasteiger partial charge in [-0.15, -0.1) is 11.6 Å². The van der Waals surface area contributed by atoms with E-state index in [0.29, 0.717) is 18.4 Å². The number of esters is 1. The molecule has 0 aromatic rings. The van der Waals surface area contributed by atoms with Crippen LogP contribution in [-0.4, -0.2) is 46.4 Å². The average molecular weight is 465 g/mol. The number of rotatable bonds is 4. The Hall–Kier alpha value is -1.79. The lowest BCUT2D eigenvalue weighted by atomic mass is 9.46. The van der Waals surface area contributed by atoms with Gasteiger partial charge in [0.05, 0.1) is 6.10 Å². The molecule has 0 aromatic heterocycles. The van der Waals surface area contributed by atoms with Crippen molar-refractivity contribution in [1.82, 2.24) is 0 Å². The van der Waals surface area contributed by atoms with Gasteiger partial charge in [-0.25, -0.2) is 4.39 Å². The molecule has 0 bridgehead atoms. The Balaban J connectivity index is 1.85. The molecule has 0 spiro atoms. The maximum absolute atomic E-state index is 13.8. The summed E-state index contributed by atoms with van der Waals surface area (Å²) in [5.41, 5.74) is -2.16. The van der Waals surface area contributed by atoms with Gasteiger partial charge in [0.25, 0.3) is 0 Å². The van der Waals surface area contributed by atoms with Crippen molar-refractivity contribution in [2.45, 2.75) is 63.5 Å². The molecule has 0 saturated heterocycles. The smallest absolute Gasteiger partial charge is 0.306 e. The van der Waals surface area contributed by atoms with Gasteiger partial charge in [-0.1, -0.05) is 39.0 Å². The second-order valence-corrected chi connectivity index (χ2v) is 10.7. The van der Waals surface area contributed by atoms with E-state index in [-0.39, 0.29) is 36.4 Å². The highest BCUT2D eigenvalue weighted by Gasteiger charge is 2.72. The van der Waals surface area contributed by atoms with Crippen molar-refractivity contribution in [1.29, 1.82) is 0 Å². The van der Waals surface area contributed by atoms with Crippen LogP contribution in [0.4, 0.5) is 4.39 Å². The summed E-state index contributed by atoms with van der Waals surface area (Å²) in [7, 11) is 0. The molecule has 5 nitrogen and oxygen atoms in total. The van der Waals surface area contributed by atoms with Crippen LogP contribution in [0.5, 0.6) is 0 Å². The van der Waals surface area contributed by atoms with E-state index in [9.17, 15) is 23.9 Å². The summed E-state index contributed by atoms with van der Waals surface area (Å²) in [6, 6.07) is 0. The van der Waals surface area contributed by atoms with Crippen LogP contribution in [0.15, 0.2) is 36.0 Å². The number of alkyl halides is 2. The zero-order valence-electron chi connectivity index (χ0n) is 18.7. The van der Waals surface area contributed by atoms with Gasteiger partial charge in [-0.3, -0.25) is 14.4 Å². The highest BCUT2D eigenvalue weighted by atomic mass is 35.5. The Bertz CT molecular complexity index is 956. The van der Waals surface area contributed by atoms with Crippen molar-refractivity contribution in [2.75, 3.05) is 6.67 Å². The summed E-state index contributed by atoms with van der Waals surface area (Å²) in [4.78, 5) is 37.4. The van der Waals surface area contributed by atoms with Gasteiger partial charge in [-0.2, -0.15) is 0 Å². The van der Waals surface area contributed by atoms with Crippen molar-refractivity contribution < 1.29 is 28.6 Å². The van der Waals surface area contributed by atoms with E-state index in [0.717, 1.165) is 5.57 Å². The normalized spacial score (nSPS) is 44.9. The van der Waals surface area contributed by atoms with Crippen LogP contribution in [0.1, 0.15) is 46.5 Å². The maximum atomic E-state index is 13.8. The van der Waals surface area contributed by atoms with Crippen LogP contribution in [0.25, 0.3) is 0 Å². The van der Waals surface area contributed by atoms with Gasteiger partial charge in [0.2, 0.25) is 5.78 Å². The third-order valence-electron chi connectivity index (χ3n) is 8.71.